The number of halogens is 8. The Morgan fingerprint density at radius 2 is 0.630 bits per heavy atom. The zero-order valence-corrected chi connectivity index (χ0v) is 79.6. The zero-order valence-electron chi connectivity index (χ0n) is 74.9. The van der Waals surface area contributed by atoms with Crippen molar-refractivity contribution in [2.75, 3.05) is 51.5 Å². The number of hydrogen-bond acceptors (Lipinski definition) is 17. The molecule has 0 radical (unpaired) electrons. The van der Waals surface area contributed by atoms with Gasteiger partial charge in [-0.05, 0) is 215 Å². The molecule has 0 atom stereocenters. The Bertz CT molecular complexity index is 6530. The Kier molecular flexibility index (Phi) is 28.5. The number of carbonyl (C=O) groups is 4. The lowest BCUT2D eigenvalue weighted by Gasteiger charge is -2.25. The second kappa shape index (κ2) is 41.0. The molecule has 2 N–H and O–H groups in total. The molecule has 22 nitrogen and oxygen atoms in total. The monoisotopic (exact) mass is 1930 g/mol. The number of thiazole rings is 3. The third kappa shape index (κ3) is 22.1. The van der Waals surface area contributed by atoms with E-state index in [1.165, 1.54) is 75.7 Å². The van der Waals surface area contributed by atoms with Gasteiger partial charge in [0.1, 0.15) is 58.1 Å². The number of carbonyl (C=O) groups excluding carboxylic acids is 4. The van der Waals surface area contributed by atoms with Gasteiger partial charge in [0.15, 0.2) is 11.0 Å². The smallest absolute Gasteiger partial charge is 0.230 e. The van der Waals surface area contributed by atoms with Gasteiger partial charge in [0.2, 0.25) is 23.6 Å². The van der Waals surface area contributed by atoms with Crippen molar-refractivity contribution in [3.8, 4) is 67.8 Å². The number of aromatic nitrogens is 12. The predicted octanol–water partition coefficient (Wildman–Crippen LogP) is 20.5. The topological polar surface area (TPSA) is 243 Å². The van der Waals surface area contributed by atoms with E-state index in [1.54, 1.807) is 95.2 Å². The van der Waals surface area contributed by atoms with Gasteiger partial charge in [-0.25, -0.2) is 61.8 Å². The molecule has 0 unspecified atom stereocenters. The van der Waals surface area contributed by atoms with Crippen molar-refractivity contribution in [1.29, 1.82) is 0 Å². The van der Waals surface area contributed by atoms with Crippen LogP contribution in [-0.4, -0.2) is 147 Å². The molecule has 4 aliphatic heterocycles. The summed E-state index contributed by atoms with van der Waals surface area (Å²) in [4.78, 5) is 101. The lowest BCUT2D eigenvalue weighted by Crippen LogP contribution is -2.37. The highest BCUT2D eigenvalue weighted by Crippen LogP contribution is 2.35. The van der Waals surface area contributed by atoms with Crippen LogP contribution < -0.4 is 5.73 Å². The molecule has 16 aromatic rings. The number of rotatable bonds is 16. The summed E-state index contributed by atoms with van der Waals surface area (Å²) < 4.78 is 81.0. The third-order valence-corrected chi connectivity index (χ3v) is 28.5. The molecule has 8 aromatic carbocycles. The first-order valence-electron chi connectivity index (χ1n) is 44.1. The van der Waals surface area contributed by atoms with Crippen molar-refractivity contribution in [1.82, 2.24) is 77.7 Å². The van der Waals surface area contributed by atoms with E-state index < -0.39 is 0 Å². The van der Waals surface area contributed by atoms with E-state index in [4.69, 9.17) is 64.9 Å². The first kappa shape index (κ1) is 93.7. The quantitative estimate of drug-likeness (QED) is 0.0885. The first-order valence-corrected chi connectivity index (χ1v) is 47.7. The van der Waals surface area contributed by atoms with Crippen molar-refractivity contribution in [2.24, 2.45) is 0 Å². The van der Waals surface area contributed by atoms with Gasteiger partial charge >= 0.3 is 0 Å². The molecule has 20 rings (SSSR count). The van der Waals surface area contributed by atoms with E-state index in [-0.39, 0.29) is 78.4 Å². The zero-order chi connectivity index (χ0) is 94.6. The molecule has 8 aromatic heterocycles. The second-order valence-corrected chi connectivity index (χ2v) is 38.5. The highest BCUT2D eigenvalue weighted by molar-refractivity contribution is 7.15. The van der Waals surface area contributed by atoms with Crippen molar-refractivity contribution in [3.63, 3.8) is 0 Å². The van der Waals surface area contributed by atoms with Gasteiger partial charge < -0.3 is 48.0 Å². The molecule has 0 saturated carbocycles. The highest BCUT2D eigenvalue weighted by Gasteiger charge is 2.31. The molecule has 0 spiro atoms. The van der Waals surface area contributed by atoms with Crippen LogP contribution in [0, 0.1) is 77.6 Å². The van der Waals surface area contributed by atoms with Crippen LogP contribution >= 0.6 is 68.8 Å². The van der Waals surface area contributed by atoms with Gasteiger partial charge in [-0.15, -0.1) is 34.0 Å². The number of hydrogen-bond donors (Lipinski definition) is 1. The van der Waals surface area contributed by atoms with Crippen molar-refractivity contribution < 1.29 is 45.5 Å². The number of nitrogen functional groups attached to an aromatic ring is 1. The fourth-order valence-electron chi connectivity index (χ4n) is 16.9. The van der Waals surface area contributed by atoms with Crippen LogP contribution in [0.4, 0.5) is 27.1 Å². The standard InChI is InChI=1S/C26H24ClFN4OS.C26H24F2N4OS.C25H23ClFN5OS.C25H22ClFN4O2/c1-16-13-18(3-8-21(16)27)23-15-32(20-6-4-19(28)5-7-20)25(30-23)14-26(33)31-11-9-22-24(10-12-31)34-17(2)29-22;1-16-13-18(3-8-21(16)28)23-15-32(20-6-4-19(27)5-7-20)25(30-23)14-26(33)31-11-9-22-24(10-12-31)34-17(2)29-22;1-15-12-16(2-7-19(15)26)21-14-32(18-5-3-17(27)4-6-18)23(29-21)13-24(33)31-10-8-20-22(9-11-31)34-25(28)30-20;1-15-11-17(3-8-20(15)26)22-13-31(19-6-4-18(27)5-7-19)24(29-22)12-25(32)30-10-9-21-23(14-30)33-16(2)28-21/h2*3-8,13,15H,9-12,14H2,1-2H3;2-7,12,14H,8-11,13H2,1H3,(H2,28,30);3-8,11,13H,9-10,12,14H2,1-2H3. The van der Waals surface area contributed by atoms with Crippen LogP contribution in [-0.2, 0) is 96.4 Å². The third-order valence-electron chi connectivity index (χ3n) is 24.1. The van der Waals surface area contributed by atoms with Crippen LogP contribution in [0.15, 0.2) is 199 Å². The summed E-state index contributed by atoms with van der Waals surface area (Å²) in [5.74, 6) is 2.10. The molecule has 0 saturated heterocycles. The SMILES string of the molecule is Cc1cc(-c2cn(-c3ccc(F)cc3)c(CC(=O)N3CCc4nc(N)sc4CC3)n2)ccc1Cl.Cc1nc2c(o1)CN(C(=O)Cc1nc(-c3ccc(Cl)c(C)c3)cn1-c1ccc(F)cc1)CC2.Cc1nc2c(s1)CCN(C(=O)Cc1nc(-c3ccc(Cl)c(C)c3)cn1-c1ccc(F)cc1)CC2.Cc1nc2c(s1)CCN(C(=O)Cc1nc(-c3ccc(F)c(C)c3)cn1-c1ccc(F)cc1)CC2. The van der Waals surface area contributed by atoms with Crippen molar-refractivity contribution >= 4 is 97.6 Å². The number of amides is 4. The molecule has 4 aliphatic rings. The van der Waals surface area contributed by atoms with E-state index in [0.717, 1.165) is 143 Å². The van der Waals surface area contributed by atoms with Crippen LogP contribution in [0.1, 0.15) is 105 Å². The maximum absolute atomic E-state index is 13.8. The summed E-state index contributed by atoms with van der Waals surface area (Å²) in [5, 5.41) is 4.78. The number of benzene rings is 8. The minimum atomic E-state index is -0.336. The fourth-order valence-corrected chi connectivity index (χ4v) is 20.1. The van der Waals surface area contributed by atoms with E-state index in [2.05, 4.69) is 19.9 Å². The molecular weight excluding hydrogens is 1840 g/mol. The maximum atomic E-state index is 13.8. The number of anilines is 1. The normalized spacial score (nSPS) is 13.5. The van der Waals surface area contributed by atoms with Crippen LogP contribution in [0.3, 0.4) is 0 Å². The van der Waals surface area contributed by atoms with Gasteiger partial charge in [0.05, 0.1) is 87.8 Å². The van der Waals surface area contributed by atoms with Crippen molar-refractivity contribution in [2.45, 2.75) is 126 Å². The Labute approximate surface area is 803 Å². The average Bonchev–Trinajstić information content (AvgIpc) is 1.66. The summed E-state index contributed by atoms with van der Waals surface area (Å²) in [6.07, 6.45) is 13.2. The summed E-state index contributed by atoms with van der Waals surface area (Å²) in [6.45, 7) is 18.2. The molecule has 12 heterocycles. The lowest BCUT2D eigenvalue weighted by atomic mass is 10.1. The highest BCUT2D eigenvalue weighted by atomic mass is 35.5. The molecule has 0 aliphatic carbocycles. The van der Waals surface area contributed by atoms with Gasteiger partial charge in [-0.2, -0.15) is 0 Å². The Morgan fingerprint density at radius 1 is 0.341 bits per heavy atom. The Balaban J connectivity index is 0.000000125. The molecule has 33 heteroatoms. The van der Waals surface area contributed by atoms with E-state index in [9.17, 15) is 41.1 Å². The molecule has 690 valence electrons. The number of nitrogens with zero attached hydrogens (tertiary/aromatic N) is 16. The minimum absolute atomic E-state index is 0.00377. The molecular formula is C102H93Cl3F5N17O5S3. The molecule has 4 amide bonds. The summed E-state index contributed by atoms with van der Waals surface area (Å²) in [5.41, 5.74) is 22.5. The summed E-state index contributed by atoms with van der Waals surface area (Å²) in [7, 11) is 0. The van der Waals surface area contributed by atoms with Gasteiger partial charge in [0.25, 0.3) is 0 Å². The molecule has 135 heavy (non-hydrogen) atoms. The number of imidazole rings is 4. The maximum Gasteiger partial charge on any atom is 0.230 e. The Hall–Kier alpha value is -13.1. The molecule has 0 fully saturated rings. The predicted molar refractivity (Wildman–Crippen MR) is 517 cm³/mol. The Morgan fingerprint density at radius 3 is 0.963 bits per heavy atom. The van der Waals surface area contributed by atoms with E-state index >= 15 is 0 Å². The number of nitrogens with two attached hydrogens (primary N) is 1. The van der Waals surface area contributed by atoms with Gasteiger partial charge in [0, 0.05) is 197 Å². The number of aryl methyl sites for hydroxylation is 7. The van der Waals surface area contributed by atoms with Crippen LogP contribution in [0.2, 0.25) is 15.1 Å². The lowest BCUT2D eigenvalue weighted by molar-refractivity contribution is -0.132. The van der Waals surface area contributed by atoms with Crippen molar-refractivity contribution in [3.05, 3.63) is 343 Å². The van der Waals surface area contributed by atoms with Crippen LogP contribution in [0.25, 0.3) is 67.8 Å². The summed E-state index contributed by atoms with van der Waals surface area (Å²) in [6, 6.07) is 46.6. The number of fused-ring (bicyclic) bond motifs is 4. The molecule has 0 bridgehead atoms. The van der Waals surface area contributed by atoms with Gasteiger partial charge in [-0.1, -0.05) is 53.0 Å². The summed E-state index contributed by atoms with van der Waals surface area (Å²) >= 11 is 23.5. The second-order valence-electron chi connectivity index (χ2n) is 33.6. The van der Waals surface area contributed by atoms with Crippen LogP contribution in [0.5, 0.6) is 0 Å². The van der Waals surface area contributed by atoms with E-state index in [0.29, 0.717) is 137 Å². The largest absolute Gasteiger partial charge is 0.444 e. The first-order chi connectivity index (χ1) is 65.0. The number of oxazole rings is 1. The van der Waals surface area contributed by atoms with Gasteiger partial charge in [-0.3, -0.25) is 19.2 Å². The fraction of sp³-hybridized carbons (Fsp3) is 0.255. The average molecular weight is 1930 g/mol. The van der Waals surface area contributed by atoms with E-state index in [1.807, 2.05) is 154 Å². The minimum Gasteiger partial charge on any atom is -0.444 e.